The van der Waals surface area contributed by atoms with Crippen LogP contribution in [0.1, 0.15) is 72.6 Å². The average molecular weight is 392 g/mol. The molecule has 0 aliphatic heterocycles. The summed E-state index contributed by atoms with van der Waals surface area (Å²) in [6.07, 6.45) is 8.85. The van der Waals surface area contributed by atoms with E-state index in [1.54, 1.807) is 0 Å². The summed E-state index contributed by atoms with van der Waals surface area (Å²) in [6, 6.07) is 0. The van der Waals surface area contributed by atoms with Gasteiger partial charge in [-0.05, 0) is 51.4 Å². The Morgan fingerprint density at radius 1 is 1.35 bits per heavy atom. The number of ether oxygens (including phenoxy) is 1. The molecule has 0 amide bonds. The first-order chi connectivity index (χ1) is 9.27. The third-order valence-corrected chi connectivity index (χ3v) is 7.18. The van der Waals surface area contributed by atoms with E-state index in [2.05, 4.69) is 43.4 Å². The highest BCUT2D eigenvalue weighted by Gasteiger charge is 2.50. The Hall–Kier alpha value is 0.200. The number of hydrogen-bond acceptors (Lipinski definition) is 2. The van der Waals surface area contributed by atoms with Crippen molar-refractivity contribution in [2.24, 2.45) is 17.3 Å². The van der Waals surface area contributed by atoms with Gasteiger partial charge in [-0.3, -0.25) is 4.79 Å². The molecule has 0 aromatic carbocycles. The van der Waals surface area contributed by atoms with Gasteiger partial charge in [0, 0.05) is 5.41 Å². The fourth-order valence-corrected chi connectivity index (χ4v) is 4.35. The smallest absolute Gasteiger partial charge is 0.319 e. The summed E-state index contributed by atoms with van der Waals surface area (Å²) < 4.78 is 5.94. The maximum atomic E-state index is 12.2. The van der Waals surface area contributed by atoms with Crippen LogP contribution in [0.4, 0.5) is 0 Å². The van der Waals surface area contributed by atoms with E-state index in [9.17, 15) is 4.79 Å². The molecule has 3 heteroatoms. The van der Waals surface area contributed by atoms with E-state index in [0.717, 1.165) is 18.3 Å². The first-order valence-electron chi connectivity index (χ1n) is 8.14. The van der Waals surface area contributed by atoms with Gasteiger partial charge in [-0.1, -0.05) is 55.7 Å². The van der Waals surface area contributed by atoms with Crippen LogP contribution >= 0.6 is 22.6 Å². The van der Waals surface area contributed by atoms with Crippen LogP contribution in [0.2, 0.25) is 0 Å². The van der Waals surface area contributed by atoms with Crippen LogP contribution in [-0.4, -0.2) is 15.5 Å². The summed E-state index contributed by atoms with van der Waals surface area (Å²) in [5, 5.41) is 0. The molecule has 20 heavy (non-hydrogen) atoms. The lowest BCUT2D eigenvalue weighted by molar-refractivity contribution is -0.177. The predicted molar refractivity (Wildman–Crippen MR) is 91.1 cm³/mol. The van der Waals surface area contributed by atoms with E-state index >= 15 is 0 Å². The van der Waals surface area contributed by atoms with E-state index in [1.165, 1.54) is 38.5 Å². The van der Waals surface area contributed by atoms with E-state index in [0.29, 0.717) is 0 Å². The number of rotatable bonds is 4. The molecule has 2 bridgehead atoms. The predicted octanol–water partition coefficient (Wildman–Crippen LogP) is 5.13. The van der Waals surface area contributed by atoms with Crippen LogP contribution in [0.5, 0.6) is 0 Å². The zero-order valence-corrected chi connectivity index (χ0v) is 15.5. The summed E-state index contributed by atoms with van der Waals surface area (Å²) in [4.78, 5) is 12.2. The first kappa shape index (κ1) is 16.6. The minimum Gasteiger partial charge on any atom is -0.458 e. The number of esters is 1. The van der Waals surface area contributed by atoms with E-state index in [4.69, 9.17) is 4.74 Å². The van der Waals surface area contributed by atoms with Crippen molar-refractivity contribution in [2.45, 2.75) is 82.2 Å². The summed E-state index contributed by atoms with van der Waals surface area (Å²) in [5.41, 5.74) is -0.211. The molecule has 2 nitrogen and oxygen atoms in total. The number of carbonyl (C=O) groups excluding carboxylic acids is 1. The van der Waals surface area contributed by atoms with Crippen LogP contribution in [0.15, 0.2) is 0 Å². The van der Waals surface area contributed by atoms with Crippen molar-refractivity contribution in [2.75, 3.05) is 0 Å². The van der Waals surface area contributed by atoms with E-state index in [-0.39, 0.29) is 20.9 Å². The van der Waals surface area contributed by atoms with Gasteiger partial charge < -0.3 is 4.74 Å². The molecule has 2 fully saturated rings. The summed E-state index contributed by atoms with van der Waals surface area (Å²) >= 11 is 2.20. The van der Waals surface area contributed by atoms with Gasteiger partial charge >= 0.3 is 5.97 Å². The van der Waals surface area contributed by atoms with Gasteiger partial charge in [0.2, 0.25) is 0 Å². The van der Waals surface area contributed by atoms with Crippen molar-refractivity contribution in [1.29, 1.82) is 0 Å². The van der Waals surface area contributed by atoms with Crippen LogP contribution in [0.3, 0.4) is 0 Å². The zero-order valence-electron chi connectivity index (χ0n) is 13.4. The number of alkyl halides is 1. The Morgan fingerprint density at radius 3 is 2.40 bits per heavy atom. The molecule has 0 aromatic heterocycles. The van der Waals surface area contributed by atoms with Gasteiger partial charge in [-0.2, -0.15) is 0 Å². The minimum atomic E-state index is -0.350. The lowest BCUT2D eigenvalue weighted by Crippen LogP contribution is -2.51. The van der Waals surface area contributed by atoms with Crippen molar-refractivity contribution in [3.05, 3.63) is 0 Å². The third kappa shape index (κ3) is 3.33. The Morgan fingerprint density at radius 2 is 1.90 bits per heavy atom. The molecule has 0 aromatic rings. The van der Waals surface area contributed by atoms with Crippen molar-refractivity contribution < 1.29 is 9.53 Å². The molecule has 2 saturated carbocycles. The molecule has 2 rings (SSSR count). The first-order valence-corrected chi connectivity index (χ1v) is 9.39. The van der Waals surface area contributed by atoms with Crippen molar-refractivity contribution in [1.82, 2.24) is 0 Å². The highest BCUT2D eigenvalue weighted by Crippen LogP contribution is 2.54. The zero-order chi connectivity index (χ0) is 15.0. The van der Waals surface area contributed by atoms with Crippen LogP contribution in [-0.2, 0) is 9.53 Å². The number of carbonyl (C=O) groups is 1. The van der Waals surface area contributed by atoms with Gasteiger partial charge in [0.15, 0.2) is 0 Å². The normalized spacial score (nSPS) is 35.5. The van der Waals surface area contributed by atoms with Gasteiger partial charge in [0.1, 0.15) is 9.53 Å². The Bertz CT molecular complexity index is 352. The second-order valence-corrected chi connectivity index (χ2v) is 9.18. The Balaban J connectivity index is 2.09. The topological polar surface area (TPSA) is 26.3 Å². The molecule has 3 unspecified atom stereocenters. The van der Waals surface area contributed by atoms with Crippen molar-refractivity contribution in [3.63, 3.8) is 0 Å². The summed E-state index contributed by atoms with van der Waals surface area (Å²) in [6.45, 7) is 8.65. The molecule has 2 aliphatic carbocycles. The molecule has 0 radical (unpaired) electrons. The average Bonchev–Trinajstić information content (AvgIpc) is 2.36. The van der Waals surface area contributed by atoms with Crippen molar-refractivity contribution in [3.8, 4) is 0 Å². The maximum Gasteiger partial charge on any atom is 0.319 e. The van der Waals surface area contributed by atoms with E-state index in [1.807, 2.05) is 6.92 Å². The molecule has 0 spiro atoms. The Kier molecular flexibility index (Phi) is 5.08. The maximum absolute atomic E-state index is 12.2. The van der Waals surface area contributed by atoms with Gasteiger partial charge in [0.05, 0.1) is 0 Å². The fraction of sp³-hybridized carbons (Fsp3) is 0.941. The lowest BCUT2D eigenvalue weighted by atomic mass is 9.56. The number of fused-ring (bicyclic) bond motifs is 2. The number of hydrogen-bond donors (Lipinski definition) is 0. The van der Waals surface area contributed by atoms with Crippen LogP contribution < -0.4 is 0 Å². The summed E-state index contributed by atoms with van der Waals surface area (Å²) in [7, 11) is 0. The molecular weight excluding hydrogens is 363 g/mol. The summed E-state index contributed by atoms with van der Waals surface area (Å²) in [5.74, 6) is 1.68. The second kappa shape index (κ2) is 6.13. The second-order valence-electron chi connectivity index (χ2n) is 7.67. The minimum absolute atomic E-state index is 0.0152. The highest BCUT2D eigenvalue weighted by atomic mass is 127. The molecule has 0 saturated heterocycles. The largest absolute Gasteiger partial charge is 0.458 e. The monoisotopic (exact) mass is 392 g/mol. The van der Waals surface area contributed by atoms with E-state index < -0.39 is 0 Å². The molecule has 2 aliphatic rings. The van der Waals surface area contributed by atoms with Crippen LogP contribution in [0.25, 0.3) is 0 Å². The third-order valence-electron chi connectivity index (χ3n) is 5.79. The molecule has 116 valence electrons. The van der Waals surface area contributed by atoms with Gasteiger partial charge in [-0.15, -0.1) is 0 Å². The molecule has 0 N–H and O–H groups in total. The fourth-order valence-electron chi connectivity index (χ4n) is 4.23. The lowest BCUT2D eigenvalue weighted by Gasteiger charge is -2.52. The van der Waals surface area contributed by atoms with Crippen LogP contribution in [0, 0.1) is 17.3 Å². The molecule has 3 atom stereocenters. The quantitative estimate of drug-likeness (QED) is 0.377. The molecule has 0 heterocycles. The molecular formula is C17H29IO2. The Labute approximate surface area is 137 Å². The standard InChI is InChI=1S/C17H29IO2/c1-5-14(18)15(19)20-16(2,3)17(4)10-12-7-6-8-13(9-12)11-17/h12-14H,5-11H2,1-4H3. The van der Waals surface area contributed by atoms with Gasteiger partial charge in [0.25, 0.3) is 0 Å². The number of halogens is 1. The van der Waals surface area contributed by atoms with Crippen molar-refractivity contribution >= 4 is 28.6 Å². The highest BCUT2D eigenvalue weighted by molar-refractivity contribution is 14.1. The van der Waals surface area contributed by atoms with Gasteiger partial charge in [-0.25, -0.2) is 0 Å². The SMILES string of the molecule is CCC(I)C(=O)OC(C)(C)C1(C)CC2CCCC(C2)C1.